The average molecular weight is 343 g/mol. The van der Waals surface area contributed by atoms with E-state index in [0.717, 1.165) is 31.4 Å². The van der Waals surface area contributed by atoms with Gasteiger partial charge in [0.25, 0.3) is 17.7 Å². The molecule has 1 aliphatic rings. The minimum Gasteiger partial charge on any atom is -0.477 e. The van der Waals surface area contributed by atoms with Crippen LogP contribution in [0.1, 0.15) is 41.9 Å². The summed E-state index contributed by atoms with van der Waals surface area (Å²) < 4.78 is 11.0. The largest absolute Gasteiger partial charge is 0.477 e. The molecule has 0 atom stereocenters. The zero-order valence-electron chi connectivity index (χ0n) is 14.3. The number of ether oxygens (including phenoxy) is 2. The fourth-order valence-electron chi connectivity index (χ4n) is 2.79. The highest BCUT2D eigenvalue weighted by Crippen LogP contribution is 2.27. The van der Waals surface area contributed by atoms with Crippen molar-refractivity contribution in [3.8, 4) is 11.8 Å². The van der Waals surface area contributed by atoms with E-state index in [0.29, 0.717) is 17.5 Å². The first kappa shape index (κ1) is 17.1. The van der Waals surface area contributed by atoms with Gasteiger partial charge in [-0.25, -0.2) is 15.0 Å². The van der Waals surface area contributed by atoms with Crippen molar-refractivity contribution in [2.75, 3.05) is 7.11 Å². The molecular formula is C17H21N5O3. The summed E-state index contributed by atoms with van der Waals surface area (Å²) >= 11 is 0. The van der Waals surface area contributed by atoms with Crippen molar-refractivity contribution < 1.29 is 14.3 Å². The second kappa shape index (κ2) is 7.87. The maximum atomic E-state index is 12.2. The molecule has 0 unspecified atom stereocenters. The number of nitrogens with zero attached hydrogens (tertiary/aromatic N) is 4. The first-order valence-corrected chi connectivity index (χ1v) is 8.27. The fourth-order valence-corrected chi connectivity index (χ4v) is 2.79. The highest BCUT2D eigenvalue weighted by Gasteiger charge is 2.25. The lowest BCUT2D eigenvalue weighted by Gasteiger charge is -2.29. The van der Waals surface area contributed by atoms with Crippen molar-refractivity contribution in [2.45, 2.75) is 44.8 Å². The third-order valence-corrected chi connectivity index (χ3v) is 4.13. The van der Waals surface area contributed by atoms with Gasteiger partial charge in [0.15, 0.2) is 0 Å². The molecule has 8 heteroatoms. The predicted molar refractivity (Wildman–Crippen MR) is 89.5 cm³/mol. The van der Waals surface area contributed by atoms with Gasteiger partial charge in [0.2, 0.25) is 0 Å². The number of amides is 1. The van der Waals surface area contributed by atoms with Gasteiger partial charge in [-0.3, -0.25) is 9.78 Å². The first-order valence-electron chi connectivity index (χ1n) is 8.27. The van der Waals surface area contributed by atoms with Crippen molar-refractivity contribution in [1.29, 1.82) is 0 Å². The van der Waals surface area contributed by atoms with E-state index in [-0.39, 0.29) is 18.1 Å². The maximum absolute atomic E-state index is 12.2. The number of rotatable bonds is 5. The predicted octanol–water partition coefficient (Wildman–Crippen LogP) is 1.70. The molecule has 3 rings (SSSR count). The summed E-state index contributed by atoms with van der Waals surface area (Å²) in [5, 5.41) is 3.01. The SMILES string of the molecule is COc1nccnc1OC1CCC(NC(=O)c2cnc(C)cn2)CC1. The van der Waals surface area contributed by atoms with E-state index in [9.17, 15) is 4.79 Å². The molecule has 1 aliphatic carbocycles. The number of carbonyl (C=O) groups is 1. The van der Waals surface area contributed by atoms with E-state index in [1.165, 1.54) is 13.3 Å². The Morgan fingerprint density at radius 1 is 1.04 bits per heavy atom. The molecule has 1 N–H and O–H groups in total. The van der Waals surface area contributed by atoms with E-state index in [1.807, 2.05) is 6.92 Å². The molecule has 1 fully saturated rings. The van der Waals surface area contributed by atoms with Crippen molar-refractivity contribution >= 4 is 5.91 Å². The van der Waals surface area contributed by atoms with Gasteiger partial charge >= 0.3 is 0 Å². The van der Waals surface area contributed by atoms with E-state index in [2.05, 4.69) is 25.3 Å². The number of carbonyl (C=O) groups excluding carboxylic acids is 1. The Balaban J connectivity index is 1.50. The van der Waals surface area contributed by atoms with Gasteiger partial charge < -0.3 is 14.8 Å². The molecule has 132 valence electrons. The number of aryl methyl sites for hydroxylation is 1. The van der Waals surface area contributed by atoms with Crippen LogP contribution in [-0.4, -0.2) is 45.1 Å². The Morgan fingerprint density at radius 2 is 1.76 bits per heavy atom. The molecular weight excluding hydrogens is 322 g/mol. The van der Waals surface area contributed by atoms with Crippen LogP contribution in [0.5, 0.6) is 11.8 Å². The third kappa shape index (κ3) is 4.40. The normalized spacial score (nSPS) is 19.9. The number of hydrogen-bond acceptors (Lipinski definition) is 7. The van der Waals surface area contributed by atoms with Gasteiger partial charge in [0.05, 0.1) is 19.0 Å². The second-order valence-corrected chi connectivity index (χ2v) is 5.98. The summed E-state index contributed by atoms with van der Waals surface area (Å²) in [6.07, 6.45) is 9.58. The smallest absolute Gasteiger partial charge is 0.278 e. The summed E-state index contributed by atoms with van der Waals surface area (Å²) in [7, 11) is 1.54. The lowest BCUT2D eigenvalue weighted by Crippen LogP contribution is -2.40. The molecule has 1 saturated carbocycles. The van der Waals surface area contributed by atoms with Crippen LogP contribution in [0.25, 0.3) is 0 Å². The zero-order chi connectivity index (χ0) is 17.6. The molecule has 0 spiro atoms. The molecule has 25 heavy (non-hydrogen) atoms. The Hall–Kier alpha value is -2.77. The summed E-state index contributed by atoms with van der Waals surface area (Å²) in [6, 6.07) is 0.110. The Kier molecular flexibility index (Phi) is 5.37. The molecule has 2 aromatic heterocycles. The molecule has 0 saturated heterocycles. The topological polar surface area (TPSA) is 99.1 Å². The van der Waals surface area contributed by atoms with Crippen molar-refractivity contribution in [3.63, 3.8) is 0 Å². The standard InChI is InChI=1S/C17H21N5O3/c1-11-9-21-14(10-20-11)15(23)22-12-3-5-13(6-4-12)25-17-16(24-2)18-7-8-19-17/h7-10,12-13H,3-6H2,1-2H3,(H,22,23). The number of nitrogens with one attached hydrogen (secondary N) is 1. The van der Waals surface area contributed by atoms with Crippen LogP contribution < -0.4 is 14.8 Å². The average Bonchev–Trinajstić information content (AvgIpc) is 2.64. The van der Waals surface area contributed by atoms with Gasteiger partial charge in [0.1, 0.15) is 11.8 Å². The van der Waals surface area contributed by atoms with Crippen LogP contribution in [0.2, 0.25) is 0 Å². The van der Waals surface area contributed by atoms with Crippen LogP contribution >= 0.6 is 0 Å². The number of methoxy groups -OCH3 is 1. The Morgan fingerprint density at radius 3 is 2.40 bits per heavy atom. The summed E-state index contributed by atoms with van der Waals surface area (Å²) in [6.45, 7) is 1.84. The molecule has 8 nitrogen and oxygen atoms in total. The van der Waals surface area contributed by atoms with Gasteiger partial charge in [-0.05, 0) is 32.6 Å². The van der Waals surface area contributed by atoms with Crippen molar-refractivity contribution in [3.05, 3.63) is 36.2 Å². The fraction of sp³-hybridized carbons (Fsp3) is 0.471. The molecule has 0 radical (unpaired) electrons. The van der Waals surface area contributed by atoms with Crippen LogP contribution in [0.3, 0.4) is 0 Å². The quantitative estimate of drug-likeness (QED) is 0.882. The van der Waals surface area contributed by atoms with E-state index in [4.69, 9.17) is 9.47 Å². The first-order chi connectivity index (χ1) is 12.2. The van der Waals surface area contributed by atoms with Crippen molar-refractivity contribution in [2.24, 2.45) is 0 Å². The van der Waals surface area contributed by atoms with Crippen LogP contribution in [-0.2, 0) is 0 Å². The van der Waals surface area contributed by atoms with E-state index < -0.39 is 0 Å². The second-order valence-electron chi connectivity index (χ2n) is 5.98. The van der Waals surface area contributed by atoms with Crippen LogP contribution in [0.15, 0.2) is 24.8 Å². The lowest BCUT2D eigenvalue weighted by molar-refractivity contribution is 0.0881. The lowest BCUT2D eigenvalue weighted by atomic mass is 9.93. The highest BCUT2D eigenvalue weighted by molar-refractivity contribution is 5.92. The van der Waals surface area contributed by atoms with E-state index >= 15 is 0 Å². The van der Waals surface area contributed by atoms with Gasteiger partial charge in [-0.15, -0.1) is 0 Å². The van der Waals surface area contributed by atoms with Gasteiger partial charge in [-0.1, -0.05) is 0 Å². The minimum absolute atomic E-state index is 0.0397. The summed E-state index contributed by atoms with van der Waals surface area (Å²) in [5.74, 6) is 0.607. The Bertz CT molecular complexity index is 714. The highest BCUT2D eigenvalue weighted by atomic mass is 16.5. The summed E-state index contributed by atoms with van der Waals surface area (Å²) in [4.78, 5) is 28.6. The molecule has 0 aliphatic heterocycles. The molecule has 1 amide bonds. The molecule has 2 heterocycles. The number of aromatic nitrogens is 4. The Labute approximate surface area is 146 Å². The van der Waals surface area contributed by atoms with E-state index in [1.54, 1.807) is 18.6 Å². The maximum Gasteiger partial charge on any atom is 0.278 e. The molecule has 0 bridgehead atoms. The van der Waals surface area contributed by atoms with Gasteiger partial charge in [0, 0.05) is 24.6 Å². The summed E-state index contributed by atoms with van der Waals surface area (Å²) in [5.41, 5.74) is 1.13. The minimum atomic E-state index is -0.188. The number of hydrogen-bond donors (Lipinski definition) is 1. The zero-order valence-corrected chi connectivity index (χ0v) is 14.3. The van der Waals surface area contributed by atoms with Gasteiger partial charge in [-0.2, -0.15) is 0 Å². The van der Waals surface area contributed by atoms with Crippen LogP contribution in [0, 0.1) is 6.92 Å². The van der Waals surface area contributed by atoms with Crippen molar-refractivity contribution in [1.82, 2.24) is 25.3 Å². The third-order valence-electron chi connectivity index (χ3n) is 4.13. The van der Waals surface area contributed by atoms with Crippen LogP contribution in [0.4, 0.5) is 0 Å². The molecule has 0 aromatic carbocycles. The monoisotopic (exact) mass is 343 g/mol. The molecule has 2 aromatic rings.